The summed E-state index contributed by atoms with van der Waals surface area (Å²) >= 11 is 0. The van der Waals surface area contributed by atoms with Gasteiger partial charge in [-0.3, -0.25) is 0 Å². The molecule has 0 fully saturated rings. The van der Waals surface area contributed by atoms with Crippen molar-refractivity contribution in [3.8, 4) is 17.0 Å². The molecule has 0 spiro atoms. The highest BCUT2D eigenvalue weighted by molar-refractivity contribution is 5.99. The molecule has 6 heteroatoms. The minimum Gasteiger partial charge on any atom is -0.497 e. The molecule has 0 aliphatic heterocycles. The number of carboxylic acids is 1. The third-order valence-electron chi connectivity index (χ3n) is 4.82. The monoisotopic (exact) mass is 349 g/mol. The Labute approximate surface area is 150 Å². The SMILES string of the molecule is COc1ccc2c(c1)c(-c1cc3cccnc3[nH]1)cn2C(C)(C)C(=O)O. The summed E-state index contributed by atoms with van der Waals surface area (Å²) in [4.78, 5) is 19.5. The highest BCUT2D eigenvalue weighted by Gasteiger charge is 2.31. The summed E-state index contributed by atoms with van der Waals surface area (Å²) < 4.78 is 7.16. The number of carboxylic acid groups (broad SMARTS) is 1. The summed E-state index contributed by atoms with van der Waals surface area (Å²) in [6.45, 7) is 3.38. The number of nitrogens with one attached hydrogen (secondary N) is 1. The molecule has 3 heterocycles. The van der Waals surface area contributed by atoms with E-state index >= 15 is 0 Å². The second kappa shape index (κ2) is 5.62. The van der Waals surface area contributed by atoms with Gasteiger partial charge in [-0.05, 0) is 50.2 Å². The van der Waals surface area contributed by atoms with Crippen molar-refractivity contribution < 1.29 is 14.6 Å². The molecular weight excluding hydrogens is 330 g/mol. The predicted molar refractivity (Wildman–Crippen MR) is 101 cm³/mol. The molecule has 6 nitrogen and oxygen atoms in total. The number of H-pyrrole nitrogens is 1. The number of rotatable bonds is 4. The van der Waals surface area contributed by atoms with Gasteiger partial charge in [0.25, 0.3) is 0 Å². The number of hydrogen-bond donors (Lipinski definition) is 2. The van der Waals surface area contributed by atoms with Crippen molar-refractivity contribution in [3.05, 3.63) is 48.8 Å². The van der Waals surface area contributed by atoms with Crippen LogP contribution in [0.15, 0.2) is 48.8 Å². The first kappa shape index (κ1) is 16.2. The number of nitrogens with zero attached hydrogens (tertiary/aromatic N) is 2. The lowest BCUT2D eigenvalue weighted by molar-refractivity contribution is -0.145. The van der Waals surface area contributed by atoms with Crippen LogP contribution in [0.5, 0.6) is 5.75 Å². The van der Waals surface area contributed by atoms with Crippen LogP contribution in [0.2, 0.25) is 0 Å². The molecule has 0 unspecified atom stereocenters. The summed E-state index contributed by atoms with van der Waals surface area (Å²) in [5, 5.41) is 11.6. The Bertz CT molecular complexity index is 1100. The number of hydrogen-bond acceptors (Lipinski definition) is 3. The lowest BCUT2D eigenvalue weighted by atomic mass is 10.1. The molecule has 0 atom stereocenters. The first-order valence-corrected chi connectivity index (χ1v) is 8.29. The standard InChI is InChI=1S/C20H19N3O3/c1-20(2,19(24)25)23-11-15(14-10-13(26-3)6-7-17(14)23)16-9-12-5-4-8-21-18(12)22-16/h4-11H,1-3H3,(H,21,22)(H,24,25). The van der Waals surface area contributed by atoms with E-state index in [0.717, 1.165) is 38.9 Å². The molecule has 3 aromatic heterocycles. The fraction of sp³-hybridized carbons (Fsp3) is 0.200. The Kier molecular flexibility index (Phi) is 3.50. The number of pyridine rings is 1. The Morgan fingerprint density at radius 2 is 2.08 bits per heavy atom. The minimum atomic E-state index is -1.09. The zero-order valence-electron chi connectivity index (χ0n) is 14.8. The van der Waals surface area contributed by atoms with Crippen LogP contribution in [0.25, 0.3) is 33.2 Å². The third kappa shape index (κ3) is 2.34. The number of aromatic amines is 1. The van der Waals surface area contributed by atoms with Crippen LogP contribution in [0.3, 0.4) is 0 Å². The van der Waals surface area contributed by atoms with Crippen LogP contribution >= 0.6 is 0 Å². The fourth-order valence-corrected chi connectivity index (χ4v) is 3.22. The smallest absolute Gasteiger partial charge is 0.329 e. The number of aliphatic carboxylic acids is 1. The van der Waals surface area contributed by atoms with Gasteiger partial charge in [0.05, 0.1) is 7.11 Å². The van der Waals surface area contributed by atoms with Crippen LogP contribution in [0.1, 0.15) is 13.8 Å². The normalized spacial score (nSPS) is 12.0. The molecule has 0 aliphatic carbocycles. The van der Waals surface area contributed by atoms with Gasteiger partial charge in [0.1, 0.15) is 16.9 Å². The Hall–Kier alpha value is -3.28. The van der Waals surface area contributed by atoms with Gasteiger partial charge in [0.15, 0.2) is 0 Å². The highest BCUT2D eigenvalue weighted by atomic mass is 16.5. The van der Waals surface area contributed by atoms with Crippen molar-refractivity contribution in [1.82, 2.24) is 14.5 Å². The Morgan fingerprint density at radius 3 is 2.77 bits per heavy atom. The van der Waals surface area contributed by atoms with Crippen LogP contribution < -0.4 is 4.74 Å². The maximum atomic E-state index is 11.8. The number of methoxy groups -OCH3 is 1. The van der Waals surface area contributed by atoms with E-state index in [2.05, 4.69) is 9.97 Å². The zero-order chi connectivity index (χ0) is 18.5. The van der Waals surface area contributed by atoms with Crippen molar-refractivity contribution in [2.24, 2.45) is 0 Å². The molecule has 4 rings (SSSR count). The molecule has 1 aromatic carbocycles. The van der Waals surface area contributed by atoms with E-state index in [-0.39, 0.29) is 0 Å². The summed E-state index contributed by atoms with van der Waals surface area (Å²) in [7, 11) is 1.62. The van der Waals surface area contributed by atoms with Gasteiger partial charge in [0.2, 0.25) is 0 Å². The summed E-state index contributed by atoms with van der Waals surface area (Å²) in [5.74, 6) is -0.172. The van der Waals surface area contributed by atoms with Gasteiger partial charge in [-0.25, -0.2) is 9.78 Å². The molecule has 0 saturated carbocycles. The molecule has 2 N–H and O–H groups in total. The number of aromatic nitrogens is 3. The lowest BCUT2D eigenvalue weighted by Gasteiger charge is -2.22. The molecule has 4 aromatic rings. The predicted octanol–water partition coefficient (Wildman–Crippen LogP) is 4.01. The number of carbonyl (C=O) groups is 1. The van der Waals surface area contributed by atoms with Crippen LogP contribution in [0, 0.1) is 0 Å². The average molecular weight is 349 g/mol. The fourth-order valence-electron chi connectivity index (χ4n) is 3.22. The maximum absolute atomic E-state index is 11.8. The molecule has 0 saturated heterocycles. The first-order valence-electron chi connectivity index (χ1n) is 8.29. The summed E-state index contributed by atoms with van der Waals surface area (Å²) in [6, 6.07) is 11.6. The summed E-state index contributed by atoms with van der Waals surface area (Å²) in [5.41, 5.74) is 2.33. The van der Waals surface area contributed by atoms with Crippen molar-refractivity contribution in [2.45, 2.75) is 19.4 Å². The van der Waals surface area contributed by atoms with Crippen molar-refractivity contribution in [2.75, 3.05) is 7.11 Å². The van der Waals surface area contributed by atoms with Crippen LogP contribution in [-0.4, -0.2) is 32.7 Å². The van der Waals surface area contributed by atoms with E-state index in [1.807, 2.05) is 42.6 Å². The van der Waals surface area contributed by atoms with E-state index in [4.69, 9.17) is 4.74 Å². The van der Waals surface area contributed by atoms with Gasteiger partial charge in [-0.15, -0.1) is 0 Å². The highest BCUT2D eigenvalue weighted by Crippen LogP contribution is 2.36. The maximum Gasteiger partial charge on any atom is 0.329 e. The third-order valence-corrected chi connectivity index (χ3v) is 4.82. The average Bonchev–Trinajstić information content (AvgIpc) is 3.22. The van der Waals surface area contributed by atoms with Crippen LogP contribution in [0.4, 0.5) is 0 Å². The molecule has 0 amide bonds. The second-order valence-electron chi connectivity index (χ2n) is 6.78. The topological polar surface area (TPSA) is 80.1 Å². The van der Waals surface area contributed by atoms with E-state index in [1.54, 1.807) is 31.7 Å². The minimum absolute atomic E-state index is 0.721. The molecule has 0 aliphatic rings. The molecule has 0 bridgehead atoms. The summed E-state index contributed by atoms with van der Waals surface area (Å²) in [6.07, 6.45) is 3.62. The van der Waals surface area contributed by atoms with E-state index in [0.29, 0.717) is 0 Å². The van der Waals surface area contributed by atoms with E-state index in [9.17, 15) is 9.90 Å². The van der Waals surface area contributed by atoms with Gasteiger partial charge < -0.3 is 19.4 Å². The number of benzene rings is 1. The Morgan fingerprint density at radius 1 is 1.27 bits per heavy atom. The molecule has 0 radical (unpaired) electrons. The second-order valence-corrected chi connectivity index (χ2v) is 6.78. The molecular formula is C20H19N3O3. The van der Waals surface area contributed by atoms with Gasteiger partial charge in [-0.2, -0.15) is 0 Å². The zero-order valence-corrected chi connectivity index (χ0v) is 14.8. The lowest BCUT2D eigenvalue weighted by Crippen LogP contribution is -2.34. The number of fused-ring (bicyclic) bond motifs is 2. The van der Waals surface area contributed by atoms with Crippen molar-refractivity contribution >= 4 is 27.9 Å². The van der Waals surface area contributed by atoms with Gasteiger partial charge in [0, 0.05) is 39.9 Å². The van der Waals surface area contributed by atoms with E-state index in [1.165, 1.54) is 0 Å². The molecule has 26 heavy (non-hydrogen) atoms. The van der Waals surface area contributed by atoms with Gasteiger partial charge in [-0.1, -0.05) is 0 Å². The van der Waals surface area contributed by atoms with E-state index < -0.39 is 11.5 Å². The van der Waals surface area contributed by atoms with Crippen LogP contribution in [-0.2, 0) is 10.3 Å². The Balaban J connectivity index is 2.03. The molecule has 132 valence electrons. The largest absolute Gasteiger partial charge is 0.497 e. The first-order chi connectivity index (χ1) is 12.4. The van der Waals surface area contributed by atoms with Crippen molar-refractivity contribution in [3.63, 3.8) is 0 Å². The van der Waals surface area contributed by atoms with Crippen molar-refractivity contribution in [1.29, 1.82) is 0 Å². The quantitative estimate of drug-likeness (QED) is 0.583. The van der Waals surface area contributed by atoms with Gasteiger partial charge >= 0.3 is 5.97 Å². The number of ether oxygens (including phenoxy) is 1.